The zero-order valence-corrected chi connectivity index (χ0v) is 11.9. The summed E-state index contributed by atoms with van der Waals surface area (Å²) >= 11 is 0. The van der Waals surface area contributed by atoms with Crippen molar-refractivity contribution in [3.8, 4) is 0 Å². The maximum Gasteiger partial charge on any atom is 0.317 e. The van der Waals surface area contributed by atoms with Crippen LogP contribution in [0, 0.1) is 5.92 Å². The summed E-state index contributed by atoms with van der Waals surface area (Å²) < 4.78 is 0. The van der Waals surface area contributed by atoms with Gasteiger partial charge in [-0.3, -0.25) is 0 Å². The quantitative estimate of drug-likeness (QED) is 0.781. The predicted octanol–water partition coefficient (Wildman–Crippen LogP) is 0.474. The zero-order chi connectivity index (χ0) is 13.2. The predicted molar refractivity (Wildman–Crippen MR) is 75.1 cm³/mol. The van der Waals surface area contributed by atoms with Crippen LogP contribution in [0.5, 0.6) is 0 Å². The standard InChI is InChI=1S/C14H26N4O/c1-17-7-6-15-12(8-17)9-18-10-13(16-14(18)19)11-4-2-3-5-11/h11-13,15H,2-10H2,1H3,(H,16,19). The summed E-state index contributed by atoms with van der Waals surface area (Å²) in [6.07, 6.45) is 5.27. The van der Waals surface area contributed by atoms with Crippen molar-refractivity contribution in [1.29, 1.82) is 0 Å². The second kappa shape index (κ2) is 5.67. The lowest BCUT2D eigenvalue weighted by molar-refractivity contribution is 0.185. The number of piperazine rings is 1. The van der Waals surface area contributed by atoms with Crippen molar-refractivity contribution >= 4 is 6.03 Å². The third-order valence-corrected chi connectivity index (χ3v) is 4.88. The first kappa shape index (κ1) is 13.2. The Morgan fingerprint density at radius 1 is 1.26 bits per heavy atom. The number of nitrogens with zero attached hydrogens (tertiary/aromatic N) is 2. The Kier molecular flexibility index (Phi) is 3.93. The van der Waals surface area contributed by atoms with E-state index in [1.807, 2.05) is 4.90 Å². The van der Waals surface area contributed by atoms with E-state index in [2.05, 4.69) is 22.6 Å². The van der Waals surface area contributed by atoms with Gasteiger partial charge in [0.15, 0.2) is 0 Å². The highest BCUT2D eigenvalue weighted by Gasteiger charge is 2.36. The molecule has 1 saturated carbocycles. The average Bonchev–Trinajstić information content (AvgIpc) is 3.00. The molecule has 0 radical (unpaired) electrons. The third-order valence-electron chi connectivity index (χ3n) is 4.88. The minimum absolute atomic E-state index is 0.145. The normalized spacial score (nSPS) is 33.9. The minimum Gasteiger partial charge on any atom is -0.333 e. The topological polar surface area (TPSA) is 47.6 Å². The Morgan fingerprint density at radius 2 is 2.05 bits per heavy atom. The molecule has 0 aromatic carbocycles. The molecule has 2 N–H and O–H groups in total. The van der Waals surface area contributed by atoms with Crippen LogP contribution >= 0.6 is 0 Å². The van der Waals surface area contributed by atoms with Crippen LogP contribution in [0.2, 0.25) is 0 Å². The highest BCUT2D eigenvalue weighted by atomic mass is 16.2. The van der Waals surface area contributed by atoms with Gasteiger partial charge in [-0.2, -0.15) is 0 Å². The molecule has 5 heteroatoms. The summed E-state index contributed by atoms with van der Waals surface area (Å²) in [7, 11) is 2.15. The fourth-order valence-corrected chi connectivity index (χ4v) is 3.78. The first-order chi connectivity index (χ1) is 9.22. The van der Waals surface area contributed by atoms with Gasteiger partial charge in [-0.05, 0) is 25.8 Å². The molecule has 0 aromatic heterocycles. The molecular formula is C14H26N4O. The summed E-state index contributed by atoms with van der Waals surface area (Å²) in [5, 5.41) is 6.71. The van der Waals surface area contributed by atoms with E-state index in [1.165, 1.54) is 25.7 Å². The average molecular weight is 266 g/mol. The molecule has 2 amide bonds. The van der Waals surface area contributed by atoms with Gasteiger partial charge in [-0.25, -0.2) is 4.79 Å². The molecule has 2 aliphatic heterocycles. The molecule has 3 aliphatic rings. The Balaban J connectivity index is 1.52. The van der Waals surface area contributed by atoms with Crippen LogP contribution in [0.25, 0.3) is 0 Å². The largest absolute Gasteiger partial charge is 0.333 e. The van der Waals surface area contributed by atoms with E-state index in [-0.39, 0.29) is 6.03 Å². The minimum atomic E-state index is 0.145. The Bertz CT molecular complexity index is 329. The molecule has 108 valence electrons. The number of rotatable bonds is 3. The van der Waals surface area contributed by atoms with Crippen molar-refractivity contribution in [1.82, 2.24) is 20.4 Å². The monoisotopic (exact) mass is 266 g/mol. The van der Waals surface area contributed by atoms with Crippen molar-refractivity contribution in [3.05, 3.63) is 0 Å². The Morgan fingerprint density at radius 3 is 2.79 bits per heavy atom. The van der Waals surface area contributed by atoms with E-state index in [1.54, 1.807) is 0 Å². The molecule has 3 fully saturated rings. The van der Waals surface area contributed by atoms with Crippen LogP contribution in [0.15, 0.2) is 0 Å². The van der Waals surface area contributed by atoms with Gasteiger partial charge in [-0.15, -0.1) is 0 Å². The van der Waals surface area contributed by atoms with E-state index >= 15 is 0 Å². The molecule has 19 heavy (non-hydrogen) atoms. The Labute approximate surface area is 115 Å². The highest BCUT2D eigenvalue weighted by Crippen LogP contribution is 2.29. The van der Waals surface area contributed by atoms with Crippen LogP contribution in [0.4, 0.5) is 4.79 Å². The number of hydrogen-bond donors (Lipinski definition) is 2. The van der Waals surface area contributed by atoms with E-state index in [9.17, 15) is 4.79 Å². The van der Waals surface area contributed by atoms with Gasteiger partial charge >= 0.3 is 6.03 Å². The molecule has 2 heterocycles. The van der Waals surface area contributed by atoms with Gasteiger partial charge in [0, 0.05) is 38.8 Å². The summed E-state index contributed by atoms with van der Waals surface area (Å²) in [6, 6.07) is 0.968. The van der Waals surface area contributed by atoms with Gasteiger partial charge in [0.25, 0.3) is 0 Å². The molecule has 5 nitrogen and oxygen atoms in total. The fourth-order valence-electron chi connectivity index (χ4n) is 3.78. The number of urea groups is 1. The molecule has 0 bridgehead atoms. The molecule has 2 saturated heterocycles. The van der Waals surface area contributed by atoms with Crippen molar-refractivity contribution in [2.45, 2.75) is 37.8 Å². The van der Waals surface area contributed by atoms with Crippen molar-refractivity contribution in [2.24, 2.45) is 5.92 Å². The molecule has 1 aliphatic carbocycles. The van der Waals surface area contributed by atoms with Crippen molar-refractivity contribution < 1.29 is 4.79 Å². The smallest absolute Gasteiger partial charge is 0.317 e. The lowest BCUT2D eigenvalue weighted by Gasteiger charge is -2.33. The van der Waals surface area contributed by atoms with Crippen LogP contribution < -0.4 is 10.6 Å². The number of likely N-dealkylation sites (N-methyl/N-ethyl adjacent to an activating group) is 1. The van der Waals surface area contributed by atoms with Gasteiger partial charge in [0.2, 0.25) is 0 Å². The number of carbonyl (C=O) groups excluding carboxylic acids is 1. The highest BCUT2D eigenvalue weighted by molar-refractivity contribution is 5.77. The second-order valence-corrected chi connectivity index (χ2v) is 6.42. The summed E-state index contributed by atoms with van der Waals surface area (Å²) in [4.78, 5) is 16.4. The number of carbonyl (C=O) groups is 1. The third kappa shape index (κ3) is 3.03. The van der Waals surface area contributed by atoms with Gasteiger partial charge in [-0.1, -0.05) is 12.8 Å². The van der Waals surface area contributed by atoms with Crippen molar-refractivity contribution in [2.75, 3.05) is 39.8 Å². The number of amides is 2. The lowest BCUT2D eigenvalue weighted by atomic mass is 9.99. The summed E-state index contributed by atoms with van der Waals surface area (Å²) in [6.45, 7) is 4.93. The van der Waals surface area contributed by atoms with E-state index in [0.29, 0.717) is 12.1 Å². The first-order valence-corrected chi connectivity index (χ1v) is 7.70. The summed E-state index contributed by atoms with van der Waals surface area (Å²) in [5.41, 5.74) is 0. The van der Waals surface area contributed by atoms with Crippen LogP contribution in [-0.4, -0.2) is 67.7 Å². The fraction of sp³-hybridized carbons (Fsp3) is 0.929. The van der Waals surface area contributed by atoms with Gasteiger partial charge in [0.1, 0.15) is 0 Å². The molecular weight excluding hydrogens is 240 g/mol. The van der Waals surface area contributed by atoms with Crippen LogP contribution in [0.3, 0.4) is 0 Å². The van der Waals surface area contributed by atoms with E-state index in [4.69, 9.17) is 0 Å². The molecule has 0 spiro atoms. The summed E-state index contributed by atoms with van der Waals surface area (Å²) in [5.74, 6) is 0.718. The number of nitrogens with one attached hydrogen (secondary N) is 2. The zero-order valence-electron chi connectivity index (χ0n) is 11.9. The molecule has 0 aromatic rings. The van der Waals surface area contributed by atoms with Crippen LogP contribution in [-0.2, 0) is 0 Å². The number of hydrogen-bond acceptors (Lipinski definition) is 3. The molecule has 2 atom stereocenters. The Hall–Kier alpha value is -0.810. The lowest BCUT2D eigenvalue weighted by Crippen LogP contribution is -2.54. The van der Waals surface area contributed by atoms with Gasteiger partial charge in [0.05, 0.1) is 6.04 Å². The maximum absolute atomic E-state index is 12.1. The molecule has 3 rings (SSSR count). The second-order valence-electron chi connectivity index (χ2n) is 6.42. The first-order valence-electron chi connectivity index (χ1n) is 7.70. The van der Waals surface area contributed by atoms with Crippen molar-refractivity contribution in [3.63, 3.8) is 0 Å². The van der Waals surface area contributed by atoms with Gasteiger partial charge < -0.3 is 20.4 Å². The maximum atomic E-state index is 12.1. The van der Waals surface area contributed by atoms with Crippen LogP contribution in [0.1, 0.15) is 25.7 Å². The van der Waals surface area contributed by atoms with E-state index in [0.717, 1.165) is 38.6 Å². The van der Waals surface area contributed by atoms with E-state index < -0.39 is 0 Å². The SMILES string of the molecule is CN1CCNC(CN2CC(C3CCCC3)NC2=O)C1. The molecule has 2 unspecified atom stereocenters.